The van der Waals surface area contributed by atoms with E-state index in [1.165, 1.54) is 0 Å². The van der Waals surface area contributed by atoms with Crippen LogP contribution in [0.25, 0.3) is 10.8 Å². The Bertz CT molecular complexity index is 860. The number of azo groups is 2. The molecule has 0 aliphatic carbocycles. The Labute approximate surface area is 159 Å². The van der Waals surface area contributed by atoms with Crippen molar-refractivity contribution in [1.29, 1.82) is 0 Å². The zero-order valence-corrected chi connectivity index (χ0v) is 15.3. The Morgan fingerprint density at radius 1 is 0.913 bits per heavy atom. The Hall–Kier alpha value is -1.98. The summed E-state index contributed by atoms with van der Waals surface area (Å²) in [6, 6.07) is 19.4. The molecule has 0 saturated carbocycles. The van der Waals surface area contributed by atoms with E-state index in [4.69, 9.17) is 0 Å². The smallest absolute Gasteiger partial charge is 0.150 e. The van der Waals surface area contributed by atoms with Gasteiger partial charge in [0, 0.05) is 45.1 Å². The number of nitrogens with zero attached hydrogens (tertiary/aromatic N) is 4. The molecule has 0 aliphatic heterocycles. The van der Waals surface area contributed by atoms with Crippen molar-refractivity contribution in [3.8, 4) is 5.75 Å². The molecule has 5 nitrogen and oxygen atoms in total. The number of aromatic hydroxyl groups is 1. The van der Waals surface area contributed by atoms with Gasteiger partial charge in [-0.1, -0.05) is 30.3 Å². The average molecular weight is 378 g/mol. The number of phenols is 1. The summed E-state index contributed by atoms with van der Waals surface area (Å²) in [6.45, 7) is 0. The summed E-state index contributed by atoms with van der Waals surface area (Å²) in [4.78, 5) is 0. The van der Waals surface area contributed by atoms with E-state index in [-0.39, 0.29) is 38.5 Å². The van der Waals surface area contributed by atoms with Gasteiger partial charge in [-0.2, -0.15) is 11.2 Å². The van der Waals surface area contributed by atoms with Gasteiger partial charge in [-0.25, -0.2) is 10.2 Å². The first-order valence-corrected chi connectivity index (χ1v) is 6.72. The molecule has 0 atom stereocenters. The summed E-state index contributed by atoms with van der Waals surface area (Å²) in [7, 11) is 1.61. The fraction of sp³-hybridized carbons (Fsp3) is 0.0588. The number of hydrogen-bond donors (Lipinski definition) is 1. The molecule has 0 heterocycles. The van der Waals surface area contributed by atoms with Gasteiger partial charge in [0.25, 0.3) is 0 Å². The molecule has 0 bridgehead atoms. The molecule has 0 amide bonds. The maximum absolute atomic E-state index is 10.3. The molecular formula is C17H13N4OY-. The first-order valence-electron chi connectivity index (χ1n) is 6.72. The van der Waals surface area contributed by atoms with Gasteiger partial charge in [0.1, 0.15) is 5.69 Å². The van der Waals surface area contributed by atoms with E-state index in [9.17, 15) is 5.11 Å². The number of hydrogen-bond acceptors (Lipinski definition) is 5. The molecule has 0 aromatic heterocycles. The predicted molar refractivity (Wildman–Crippen MR) is 85.5 cm³/mol. The van der Waals surface area contributed by atoms with E-state index in [0.29, 0.717) is 17.1 Å². The van der Waals surface area contributed by atoms with Crippen molar-refractivity contribution in [2.75, 3.05) is 7.05 Å². The summed E-state index contributed by atoms with van der Waals surface area (Å²) >= 11 is 0. The monoisotopic (exact) mass is 378 g/mol. The molecule has 3 rings (SSSR count). The fourth-order valence-corrected chi connectivity index (χ4v) is 2.08. The summed E-state index contributed by atoms with van der Waals surface area (Å²) in [5.74, 6) is 0.123. The molecular weight excluding hydrogens is 365 g/mol. The molecule has 6 heteroatoms. The average Bonchev–Trinajstić information content (AvgIpc) is 2.56. The van der Waals surface area contributed by atoms with E-state index in [2.05, 4.69) is 26.5 Å². The van der Waals surface area contributed by atoms with E-state index in [0.717, 1.165) is 10.8 Å². The van der Waals surface area contributed by atoms with E-state index in [1.54, 1.807) is 31.3 Å². The van der Waals surface area contributed by atoms with Crippen molar-refractivity contribution in [3.63, 3.8) is 0 Å². The van der Waals surface area contributed by atoms with Gasteiger partial charge >= 0.3 is 0 Å². The van der Waals surface area contributed by atoms with Crippen LogP contribution in [0, 0.1) is 6.07 Å². The molecule has 23 heavy (non-hydrogen) atoms. The number of benzene rings is 3. The van der Waals surface area contributed by atoms with Gasteiger partial charge in [-0.3, -0.25) is 0 Å². The zero-order chi connectivity index (χ0) is 15.4. The van der Waals surface area contributed by atoms with Crippen LogP contribution in [0.1, 0.15) is 0 Å². The summed E-state index contributed by atoms with van der Waals surface area (Å²) in [5, 5.41) is 27.7. The second-order valence-electron chi connectivity index (χ2n) is 4.59. The summed E-state index contributed by atoms with van der Waals surface area (Å²) < 4.78 is 0. The second-order valence-corrected chi connectivity index (χ2v) is 4.59. The van der Waals surface area contributed by atoms with E-state index >= 15 is 0 Å². The molecule has 0 spiro atoms. The van der Waals surface area contributed by atoms with Crippen molar-refractivity contribution in [2.24, 2.45) is 20.5 Å². The van der Waals surface area contributed by atoms with Crippen molar-refractivity contribution < 1.29 is 37.8 Å². The number of fused-ring (bicyclic) bond motifs is 1. The Morgan fingerprint density at radius 3 is 2.48 bits per heavy atom. The zero-order valence-electron chi connectivity index (χ0n) is 12.5. The molecule has 1 N–H and O–H groups in total. The third-order valence-corrected chi connectivity index (χ3v) is 3.14. The van der Waals surface area contributed by atoms with Gasteiger partial charge in [0.05, 0.1) is 0 Å². The molecule has 0 unspecified atom stereocenters. The van der Waals surface area contributed by atoms with Gasteiger partial charge in [0.2, 0.25) is 0 Å². The van der Waals surface area contributed by atoms with Crippen LogP contribution < -0.4 is 0 Å². The molecule has 3 aromatic rings. The minimum atomic E-state index is 0. The quantitative estimate of drug-likeness (QED) is 0.476. The molecule has 1 radical (unpaired) electrons. The normalized spacial score (nSPS) is 11.2. The van der Waals surface area contributed by atoms with Crippen molar-refractivity contribution in [1.82, 2.24) is 0 Å². The third-order valence-electron chi connectivity index (χ3n) is 3.14. The van der Waals surface area contributed by atoms with Crippen LogP contribution in [-0.2, 0) is 32.7 Å². The van der Waals surface area contributed by atoms with Crippen molar-refractivity contribution in [2.45, 2.75) is 0 Å². The minimum absolute atomic E-state index is 0. The van der Waals surface area contributed by atoms with Crippen LogP contribution in [0.5, 0.6) is 5.75 Å². The van der Waals surface area contributed by atoms with Crippen LogP contribution in [0.15, 0.2) is 75.1 Å². The van der Waals surface area contributed by atoms with E-state index < -0.39 is 0 Å². The van der Waals surface area contributed by atoms with Crippen LogP contribution >= 0.6 is 0 Å². The topological polar surface area (TPSA) is 69.7 Å². The van der Waals surface area contributed by atoms with Crippen LogP contribution in [0.4, 0.5) is 17.1 Å². The summed E-state index contributed by atoms with van der Waals surface area (Å²) in [6.07, 6.45) is 0. The third kappa shape index (κ3) is 4.06. The van der Waals surface area contributed by atoms with E-state index in [1.807, 2.05) is 30.3 Å². The first kappa shape index (κ1) is 17.4. The maximum Gasteiger partial charge on any atom is 0.150 e. The van der Waals surface area contributed by atoms with Crippen LogP contribution in [-0.4, -0.2) is 12.2 Å². The fourth-order valence-electron chi connectivity index (χ4n) is 2.08. The Kier molecular flexibility index (Phi) is 6.07. The van der Waals surface area contributed by atoms with Crippen LogP contribution in [0.3, 0.4) is 0 Å². The molecule has 0 saturated heterocycles. The first-order chi connectivity index (χ1) is 10.8. The Balaban J connectivity index is 0.00000192. The van der Waals surface area contributed by atoms with Crippen molar-refractivity contribution in [3.05, 3.63) is 60.7 Å². The SMILES string of the molecule is CN=Nc1c[c-]c(N=Nc2ccc3ccccc3c2O)cc1.[Y]. The Morgan fingerprint density at radius 2 is 1.74 bits per heavy atom. The number of rotatable bonds is 3. The van der Waals surface area contributed by atoms with Gasteiger partial charge in [0.15, 0.2) is 5.75 Å². The summed E-state index contributed by atoms with van der Waals surface area (Å²) in [5.41, 5.74) is 1.68. The maximum atomic E-state index is 10.3. The second kappa shape index (κ2) is 8.04. The molecule has 111 valence electrons. The predicted octanol–water partition coefficient (Wildman–Crippen LogP) is 5.47. The number of phenolic OH excluding ortho intramolecular Hbond substituents is 1. The van der Waals surface area contributed by atoms with Crippen LogP contribution in [0.2, 0.25) is 0 Å². The molecule has 3 aromatic carbocycles. The largest absolute Gasteiger partial charge is 0.505 e. The molecule has 0 fully saturated rings. The van der Waals surface area contributed by atoms with Gasteiger partial charge in [-0.05, 0) is 22.8 Å². The van der Waals surface area contributed by atoms with Crippen molar-refractivity contribution >= 4 is 27.8 Å². The standard InChI is InChI=1S/C17H13N4O.Y/c1-18-19-13-7-9-14(10-8-13)20-21-16-11-6-12-4-2-3-5-15(12)17(16)22;/h2-9,11,22H,1H3;/q-1;. The minimum Gasteiger partial charge on any atom is -0.505 e. The van der Waals surface area contributed by atoms with Gasteiger partial charge in [-0.15, -0.1) is 23.3 Å². The van der Waals surface area contributed by atoms with Gasteiger partial charge < -0.3 is 5.11 Å². The molecule has 0 aliphatic rings.